The number of nitrogens with one attached hydrogen (secondary N) is 1. The molecule has 2 N–H and O–H groups in total. The lowest BCUT2D eigenvalue weighted by molar-refractivity contribution is -0.123. The van der Waals surface area contributed by atoms with E-state index in [9.17, 15) is 4.79 Å². The highest BCUT2D eigenvalue weighted by atomic mass is 16.3. The standard InChI is InChI=1S/C16H22N2O2/c1-2-13-4-3-5-14(8-13)10-18-7-6-15(11-18)9-17-16(20)12-19/h2-5,8,15,19H,1,6-7,9-12H2,(H,17,20). The number of hydrogen-bond acceptors (Lipinski definition) is 3. The summed E-state index contributed by atoms with van der Waals surface area (Å²) in [5.74, 6) is 0.190. The van der Waals surface area contributed by atoms with E-state index in [-0.39, 0.29) is 5.91 Å². The van der Waals surface area contributed by atoms with Gasteiger partial charge in [0.05, 0.1) is 0 Å². The lowest BCUT2D eigenvalue weighted by Crippen LogP contribution is -2.32. The summed E-state index contributed by atoms with van der Waals surface area (Å²) in [7, 11) is 0. The number of benzene rings is 1. The van der Waals surface area contributed by atoms with Gasteiger partial charge < -0.3 is 10.4 Å². The molecule has 4 heteroatoms. The Morgan fingerprint density at radius 2 is 2.40 bits per heavy atom. The minimum absolute atomic E-state index is 0.290. The Labute approximate surface area is 120 Å². The molecule has 1 atom stereocenters. The third-order valence-electron chi connectivity index (χ3n) is 3.69. The summed E-state index contributed by atoms with van der Waals surface area (Å²) in [6.45, 7) is 7.00. The van der Waals surface area contributed by atoms with E-state index in [1.807, 2.05) is 12.1 Å². The second kappa shape index (κ2) is 7.22. The van der Waals surface area contributed by atoms with E-state index in [4.69, 9.17) is 5.11 Å². The highest BCUT2D eigenvalue weighted by molar-refractivity contribution is 5.76. The number of carbonyl (C=O) groups excluding carboxylic acids is 1. The molecule has 1 aromatic carbocycles. The maximum absolute atomic E-state index is 11.0. The molecular weight excluding hydrogens is 252 g/mol. The number of aliphatic hydroxyl groups excluding tert-OH is 1. The third-order valence-corrected chi connectivity index (χ3v) is 3.69. The van der Waals surface area contributed by atoms with Gasteiger partial charge in [-0.1, -0.05) is 36.9 Å². The van der Waals surface area contributed by atoms with Crippen LogP contribution in [0.2, 0.25) is 0 Å². The first-order valence-corrected chi connectivity index (χ1v) is 7.02. The Morgan fingerprint density at radius 1 is 1.55 bits per heavy atom. The maximum atomic E-state index is 11.0. The monoisotopic (exact) mass is 274 g/mol. The molecule has 108 valence electrons. The smallest absolute Gasteiger partial charge is 0.245 e. The van der Waals surface area contributed by atoms with Gasteiger partial charge in [-0.05, 0) is 30.0 Å². The highest BCUT2D eigenvalue weighted by Gasteiger charge is 2.22. The average Bonchev–Trinajstić information content (AvgIpc) is 2.92. The summed E-state index contributed by atoms with van der Waals surface area (Å²) in [6.07, 6.45) is 2.95. The van der Waals surface area contributed by atoms with Gasteiger partial charge in [0.2, 0.25) is 5.91 Å². The van der Waals surface area contributed by atoms with Crippen LogP contribution in [0.15, 0.2) is 30.8 Å². The van der Waals surface area contributed by atoms with Gasteiger partial charge in [0.1, 0.15) is 6.61 Å². The molecule has 1 heterocycles. The van der Waals surface area contributed by atoms with Gasteiger partial charge in [0.15, 0.2) is 0 Å². The number of amides is 1. The first-order chi connectivity index (χ1) is 9.71. The largest absolute Gasteiger partial charge is 0.387 e. The highest BCUT2D eigenvalue weighted by Crippen LogP contribution is 2.18. The van der Waals surface area contributed by atoms with Crippen LogP contribution >= 0.6 is 0 Å². The molecule has 1 saturated heterocycles. The van der Waals surface area contributed by atoms with Crippen molar-refractivity contribution in [3.8, 4) is 0 Å². The first-order valence-electron chi connectivity index (χ1n) is 7.02. The van der Waals surface area contributed by atoms with Crippen LogP contribution in [0, 0.1) is 5.92 Å². The minimum Gasteiger partial charge on any atom is -0.387 e. The molecule has 2 rings (SSSR count). The molecule has 0 saturated carbocycles. The number of rotatable bonds is 6. The van der Waals surface area contributed by atoms with Crippen molar-refractivity contribution < 1.29 is 9.90 Å². The summed E-state index contributed by atoms with van der Waals surface area (Å²) < 4.78 is 0. The molecule has 1 aromatic rings. The van der Waals surface area contributed by atoms with Gasteiger partial charge in [-0.15, -0.1) is 0 Å². The molecule has 1 fully saturated rings. The molecule has 1 amide bonds. The fourth-order valence-corrected chi connectivity index (χ4v) is 2.61. The molecule has 0 aromatic heterocycles. The zero-order valence-corrected chi connectivity index (χ0v) is 11.7. The second-order valence-electron chi connectivity index (χ2n) is 5.30. The minimum atomic E-state index is -0.426. The maximum Gasteiger partial charge on any atom is 0.245 e. The Balaban J connectivity index is 1.80. The Kier molecular flexibility index (Phi) is 5.32. The van der Waals surface area contributed by atoms with Crippen molar-refractivity contribution in [1.29, 1.82) is 0 Å². The number of carbonyl (C=O) groups is 1. The van der Waals surface area contributed by atoms with Crippen LogP contribution in [0.3, 0.4) is 0 Å². The van der Waals surface area contributed by atoms with Crippen molar-refractivity contribution in [2.24, 2.45) is 5.92 Å². The SMILES string of the molecule is C=Cc1cccc(CN2CCC(CNC(=O)CO)C2)c1. The molecular formula is C16H22N2O2. The van der Waals surface area contributed by atoms with Crippen molar-refractivity contribution in [3.63, 3.8) is 0 Å². The quantitative estimate of drug-likeness (QED) is 0.821. The number of hydrogen-bond donors (Lipinski definition) is 2. The van der Waals surface area contributed by atoms with Crippen molar-refractivity contribution >= 4 is 12.0 Å². The van der Waals surface area contributed by atoms with Crippen molar-refractivity contribution in [3.05, 3.63) is 42.0 Å². The Bertz CT molecular complexity index is 473. The van der Waals surface area contributed by atoms with Gasteiger partial charge in [-0.2, -0.15) is 0 Å². The van der Waals surface area contributed by atoms with E-state index in [2.05, 4.69) is 35.0 Å². The van der Waals surface area contributed by atoms with E-state index in [1.165, 1.54) is 5.56 Å². The van der Waals surface area contributed by atoms with Gasteiger partial charge in [0.25, 0.3) is 0 Å². The van der Waals surface area contributed by atoms with Crippen LogP contribution in [0.4, 0.5) is 0 Å². The molecule has 0 spiro atoms. The summed E-state index contributed by atoms with van der Waals surface area (Å²) in [4.78, 5) is 13.4. The van der Waals surface area contributed by atoms with Crippen LogP contribution in [0.25, 0.3) is 6.08 Å². The van der Waals surface area contributed by atoms with Gasteiger partial charge in [-0.3, -0.25) is 9.69 Å². The lowest BCUT2D eigenvalue weighted by Gasteiger charge is -2.16. The van der Waals surface area contributed by atoms with Gasteiger partial charge >= 0.3 is 0 Å². The zero-order chi connectivity index (χ0) is 14.4. The molecule has 0 bridgehead atoms. The molecule has 0 aliphatic carbocycles. The van der Waals surface area contributed by atoms with Crippen LogP contribution in [0.5, 0.6) is 0 Å². The predicted molar refractivity (Wildman–Crippen MR) is 80.0 cm³/mol. The van der Waals surface area contributed by atoms with E-state index in [1.54, 1.807) is 0 Å². The number of likely N-dealkylation sites (tertiary alicyclic amines) is 1. The number of nitrogens with zero attached hydrogens (tertiary/aromatic N) is 1. The fraction of sp³-hybridized carbons (Fsp3) is 0.438. The molecule has 1 aliphatic heterocycles. The number of aliphatic hydroxyl groups is 1. The molecule has 1 aliphatic rings. The van der Waals surface area contributed by atoms with E-state index in [0.29, 0.717) is 12.5 Å². The lowest BCUT2D eigenvalue weighted by atomic mass is 10.1. The van der Waals surface area contributed by atoms with Crippen molar-refractivity contribution in [2.75, 3.05) is 26.2 Å². The summed E-state index contributed by atoms with van der Waals surface area (Å²) in [5.41, 5.74) is 2.44. The van der Waals surface area contributed by atoms with E-state index >= 15 is 0 Å². The topological polar surface area (TPSA) is 52.6 Å². The van der Waals surface area contributed by atoms with Crippen LogP contribution in [-0.4, -0.2) is 42.2 Å². The average molecular weight is 274 g/mol. The van der Waals surface area contributed by atoms with Gasteiger partial charge in [-0.25, -0.2) is 0 Å². The van der Waals surface area contributed by atoms with E-state index in [0.717, 1.165) is 31.6 Å². The zero-order valence-electron chi connectivity index (χ0n) is 11.7. The van der Waals surface area contributed by atoms with Crippen molar-refractivity contribution in [1.82, 2.24) is 10.2 Å². The van der Waals surface area contributed by atoms with Gasteiger partial charge in [0, 0.05) is 19.6 Å². The molecule has 1 unspecified atom stereocenters. The van der Waals surface area contributed by atoms with E-state index < -0.39 is 6.61 Å². The first kappa shape index (κ1) is 14.8. The molecule has 20 heavy (non-hydrogen) atoms. The third kappa shape index (κ3) is 4.18. The predicted octanol–water partition coefficient (Wildman–Crippen LogP) is 1.26. The normalized spacial score (nSPS) is 18.9. The molecule has 4 nitrogen and oxygen atoms in total. The Hall–Kier alpha value is -1.65. The second-order valence-corrected chi connectivity index (χ2v) is 5.30. The summed E-state index contributed by atoms with van der Waals surface area (Å²) in [5, 5.41) is 11.4. The van der Waals surface area contributed by atoms with Crippen molar-refractivity contribution in [2.45, 2.75) is 13.0 Å². The molecule has 0 radical (unpaired) electrons. The van der Waals surface area contributed by atoms with Crippen LogP contribution < -0.4 is 5.32 Å². The Morgan fingerprint density at radius 3 is 3.15 bits per heavy atom. The van der Waals surface area contributed by atoms with Crippen LogP contribution in [0.1, 0.15) is 17.5 Å². The summed E-state index contributed by atoms with van der Waals surface area (Å²) >= 11 is 0. The van der Waals surface area contributed by atoms with Crippen LogP contribution in [-0.2, 0) is 11.3 Å². The fourth-order valence-electron chi connectivity index (χ4n) is 2.61. The summed E-state index contributed by atoms with van der Waals surface area (Å²) in [6, 6.07) is 8.40.